The summed E-state index contributed by atoms with van der Waals surface area (Å²) in [5, 5.41) is 1.32. The minimum absolute atomic E-state index is 0.565. The van der Waals surface area contributed by atoms with Crippen molar-refractivity contribution in [3.05, 3.63) is 23.2 Å². The molecular formula is C12H16ClN3S. The summed E-state index contributed by atoms with van der Waals surface area (Å²) >= 11 is 7.80. The van der Waals surface area contributed by atoms with E-state index in [9.17, 15) is 0 Å². The highest BCUT2D eigenvalue weighted by atomic mass is 35.5. The van der Waals surface area contributed by atoms with Gasteiger partial charge in [-0.3, -0.25) is 0 Å². The molecule has 17 heavy (non-hydrogen) atoms. The van der Waals surface area contributed by atoms with E-state index in [0.717, 1.165) is 24.0 Å². The van der Waals surface area contributed by atoms with Crippen LogP contribution in [0.25, 0.3) is 11.0 Å². The van der Waals surface area contributed by atoms with E-state index >= 15 is 0 Å². The van der Waals surface area contributed by atoms with Crippen LogP contribution in [0.15, 0.2) is 18.2 Å². The number of anilines is 1. The molecule has 0 bridgehead atoms. The zero-order chi connectivity index (χ0) is 12.4. The smallest absolute Gasteiger partial charge is 0.201 e. The molecule has 0 saturated heterocycles. The van der Waals surface area contributed by atoms with Gasteiger partial charge < -0.3 is 10.3 Å². The van der Waals surface area contributed by atoms with E-state index in [1.54, 1.807) is 0 Å². The molecule has 0 aliphatic carbocycles. The number of imidazole rings is 1. The third-order valence-electron chi connectivity index (χ3n) is 2.90. The second kappa shape index (κ2) is 5.19. The molecule has 1 aromatic heterocycles. The van der Waals surface area contributed by atoms with Crippen LogP contribution < -0.4 is 5.73 Å². The molecule has 2 N–H and O–H groups in total. The van der Waals surface area contributed by atoms with Crippen molar-refractivity contribution in [3.63, 3.8) is 0 Å². The third kappa shape index (κ3) is 2.69. The number of nitrogens with zero attached hydrogens (tertiary/aromatic N) is 2. The van der Waals surface area contributed by atoms with Gasteiger partial charge in [-0.2, -0.15) is 11.8 Å². The lowest BCUT2D eigenvalue weighted by atomic mass is 10.3. The number of halogens is 1. The lowest BCUT2D eigenvalue weighted by Crippen LogP contribution is -2.07. The van der Waals surface area contributed by atoms with E-state index in [2.05, 4.69) is 22.7 Å². The van der Waals surface area contributed by atoms with Crippen molar-refractivity contribution in [3.8, 4) is 0 Å². The Morgan fingerprint density at radius 1 is 1.53 bits per heavy atom. The fraction of sp³-hybridized carbons (Fsp3) is 0.417. The van der Waals surface area contributed by atoms with Gasteiger partial charge in [-0.05, 0) is 30.9 Å². The number of hydrogen-bond donors (Lipinski definition) is 1. The lowest BCUT2D eigenvalue weighted by Gasteiger charge is -2.10. The molecule has 0 aliphatic rings. The topological polar surface area (TPSA) is 43.8 Å². The maximum absolute atomic E-state index is 5.94. The summed E-state index contributed by atoms with van der Waals surface area (Å²) in [6.45, 7) is 3.11. The molecule has 0 fully saturated rings. The van der Waals surface area contributed by atoms with Gasteiger partial charge in [-0.25, -0.2) is 4.98 Å². The first-order chi connectivity index (χ1) is 8.11. The predicted octanol–water partition coefficient (Wildman–Crippen LogP) is 3.41. The molecule has 0 aliphatic heterocycles. The summed E-state index contributed by atoms with van der Waals surface area (Å²) in [6, 6.07) is 5.70. The van der Waals surface area contributed by atoms with E-state index < -0.39 is 0 Å². The van der Waals surface area contributed by atoms with Crippen LogP contribution in [0.2, 0.25) is 5.02 Å². The Hall–Kier alpha value is -0.870. The summed E-state index contributed by atoms with van der Waals surface area (Å²) < 4.78 is 2.05. The maximum atomic E-state index is 5.94. The highest BCUT2D eigenvalue weighted by molar-refractivity contribution is 7.99. The van der Waals surface area contributed by atoms with Crippen LogP contribution in [0.3, 0.4) is 0 Å². The summed E-state index contributed by atoms with van der Waals surface area (Å²) in [5.41, 5.74) is 7.86. The summed E-state index contributed by atoms with van der Waals surface area (Å²) in [4.78, 5) is 4.33. The lowest BCUT2D eigenvalue weighted by molar-refractivity contribution is 0.662. The molecule has 2 rings (SSSR count). The normalized spacial score (nSPS) is 13.1. The Balaban J connectivity index is 2.30. The molecule has 1 unspecified atom stereocenters. The summed E-state index contributed by atoms with van der Waals surface area (Å²) in [6.07, 6.45) is 3.21. The number of nitrogen functional groups attached to an aromatic ring is 1. The van der Waals surface area contributed by atoms with Gasteiger partial charge in [0.2, 0.25) is 5.95 Å². The van der Waals surface area contributed by atoms with Crippen LogP contribution in [0.4, 0.5) is 5.95 Å². The molecule has 2 aromatic rings. The standard InChI is InChI=1S/C12H16ClN3S/c1-8(17-2)5-6-16-11-4-3-9(13)7-10(11)15-12(16)14/h3-4,7-8H,5-6H2,1-2H3,(H2,14,15). The average Bonchev–Trinajstić information content (AvgIpc) is 2.61. The van der Waals surface area contributed by atoms with Gasteiger partial charge in [0.25, 0.3) is 0 Å². The van der Waals surface area contributed by atoms with Gasteiger partial charge in [0.05, 0.1) is 11.0 Å². The zero-order valence-corrected chi connectivity index (χ0v) is 11.6. The van der Waals surface area contributed by atoms with Crippen molar-refractivity contribution in [1.82, 2.24) is 9.55 Å². The monoisotopic (exact) mass is 269 g/mol. The number of aryl methyl sites for hydroxylation is 1. The Morgan fingerprint density at radius 3 is 3.00 bits per heavy atom. The quantitative estimate of drug-likeness (QED) is 0.925. The molecule has 0 spiro atoms. The zero-order valence-electron chi connectivity index (χ0n) is 9.98. The second-order valence-corrected chi connectivity index (χ2v) is 5.80. The van der Waals surface area contributed by atoms with Gasteiger partial charge in [0.15, 0.2) is 0 Å². The molecule has 92 valence electrons. The van der Waals surface area contributed by atoms with Crippen LogP contribution in [0.1, 0.15) is 13.3 Å². The van der Waals surface area contributed by atoms with Gasteiger partial charge in [0.1, 0.15) is 0 Å². The SMILES string of the molecule is CSC(C)CCn1c(N)nc2cc(Cl)ccc21. The van der Waals surface area contributed by atoms with Crippen LogP contribution in [-0.4, -0.2) is 21.1 Å². The van der Waals surface area contributed by atoms with E-state index in [-0.39, 0.29) is 0 Å². The molecule has 1 atom stereocenters. The Bertz CT molecular complexity index is 524. The van der Waals surface area contributed by atoms with Crippen LogP contribution in [0, 0.1) is 0 Å². The van der Waals surface area contributed by atoms with E-state index in [1.807, 2.05) is 30.0 Å². The molecule has 0 saturated carbocycles. The number of fused-ring (bicyclic) bond motifs is 1. The molecule has 5 heteroatoms. The summed E-state index contributed by atoms with van der Waals surface area (Å²) in [5.74, 6) is 0.565. The highest BCUT2D eigenvalue weighted by Gasteiger charge is 2.09. The minimum atomic E-state index is 0.565. The van der Waals surface area contributed by atoms with Gasteiger partial charge in [0, 0.05) is 16.8 Å². The van der Waals surface area contributed by atoms with Gasteiger partial charge in [-0.1, -0.05) is 18.5 Å². The first-order valence-corrected chi connectivity index (χ1v) is 7.22. The Morgan fingerprint density at radius 2 is 2.29 bits per heavy atom. The van der Waals surface area contributed by atoms with Crippen molar-refractivity contribution < 1.29 is 0 Å². The number of aromatic nitrogens is 2. The number of benzene rings is 1. The molecule has 1 aromatic carbocycles. The Kier molecular flexibility index (Phi) is 3.84. The van der Waals surface area contributed by atoms with Crippen molar-refractivity contribution in [1.29, 1.82) is 0 Å². The van der Waals surface area contributed by atoms with E-state index in [0.29, 0.717) is 16.2 Å². The van der Waals surface area contributed by atoms with Crippen molar-refractivity contribution >= 4 is 40.3 Å². The first-order valence-electron chi connectivity index (χ1n) is 5.56. The molecule has 1 heterocycles. The highest BCUT2D eigenvalue weighted by Crippen LogP contribution is 2.23. The van der Waals surface area contributed by atoms with Gasteiger partial charge in [-0.15, -0.1) is 0 Å². The number of nitrogens with two attached hydrogens (primary N) is 1. The van der Waals surface area contributed by atoms with E-state index in [4.69, 9.17) is 17.3 Å². The second-order valence-electron chi connectivity index (χ2n) is 4.09. The third-order valence-corrected chi connectivity index (χ3v) is 4.18. The molecule has 3 nitrogen and oxygen atoms in total. The van der Waals surface area contributed by atoms with Gasteiger partial charge >= 0.3 is 0 Å². The van der Waals surface area contributed by atoms with Crippen LogP contribution >= 0.6 is 23.4 Å². The predicted molar refractivity (Wildman–Crippen MR) is 76.7 cm³/mol. The average molecular weight is 270 g/mol. The molecular weight excluding hydrogens is 254 g/mol. The largest absolute Gasteiger partial charge is 0.369 e. The van der Waals surface area contributed by atoms with Crippen molar-refractivity contribution in [2.45, 2.75) is 25.1 Å². The number of hydrogen-bond acceptors (Lipinski definition) is 3. The first kappa shape index (κ1) is 12.6. The minimum Gasteiger partial charge on any atom is -0.369 e. The Labute approximate surface area is 110 Å². The van der Waals surface area contributed by atoms with E-state index in [1.165, 1.54) is 0 Å². The van der Waals surface area contributed by atoms with Crippen LogP contribution in [0.5, 0.6) is 0 Å². The maximum Gasteiger partial charge on any atom is 0.201 e. The van der Waals surface area contributed by atoms with Crippen molar-refractivity contribution in [2.24, 2.45) is 0 Å². The van der Waals surface area contributed by atoms with Crippen molar-refractivity contribution in [2.75, 3.05) is 12.0 Å². The summed E-state index contributed by atoms with van der Waals surface area (Å²) in [7, 11) is 0. The fourth-order valence-electron chi connectivity index (χ4n) is 1.79. The molecule has 0 radical (unpaired) electrons. The fourth-order valence-corrected chi connectivity index (χ4v) is 2.29. The number of rotatable bonds is 4. The molecule has 0 amide bonds. The number of thioether (sulfide) groups is 1. The van der Waals surface area contributed by atoms with Crippen LogP contribution in [-0.2, 0) is 6.54 Å².